The van der Waals surface area contributed by atoms with Crippen molar-refractivity contribution in [3.8, 4) is 0 Å². The van der Waals surface area contributed by atoms with E-state index < -0.39 is 0 Å². The van der Waals surface area contributed by atoms with Crippen LogP contribution >= 0.6 is 11.8 Å². The average Bonchev–Trinajstić information content (AvgIpc) is 2.45. The van der Waals surface area contributed by atoms with Crippen molar-refractivity contribution < 1.29 is 0 Å². The van der Waals surface area contributed by atoms with Crippen LogP contribution in [0.1, 0.15) is 26.7 Å². The summed E-state index contributed by atoms with van der Waals surface area (Å²) < 4.78 is 0. The summed E-state index contributed by atoms with van der Waals surface area (Å²) in [4.78, 5) is 4.00. The Balaban J connectivity index is 2.13. The summed E-state index contributed by atoms with van der Waals surface area (Å²) in [6.07, 6.45) is 2.46. The number of nitrogen functional groups attached to an aromatic ring is 1. The van der Waals surface area contributed by atoms with Gasteiger partial charge in [0.2, 0.25) is 11.1 Å². The van der Waals surface area contributed by atoms with Gasteiger partial charge < -0.3 is 5.73 Å². The van der Waals surface area contributed by atoms with Crippen LogP contribution in [0.5, 0.6) is 0 Å². The number of rotatable bonds is 5. The molecule has 3 N–H and O–H groups in total. The van der Waals surface area contributed by atoms with Gasteiger partial charge in [-0.1, -0.05) is 32.0 Å². The van der Waals surface area contributed by atoms with Crippen molar-refractivity contribution >= 4 is 17.7 Å². The highest BCUT2D eigenvalue weighted by Crippen LogP contribution is 2.16. The van der Waals surface area contributed by atoms with Gasteiger partial charge in [0.1, 0.15) is 0 Å². The van der Waals surface area contributed by atoms with E-state index in [1.807, 2.05) is 0 Å². The van der Waals surface area contributed by atoms with E-state index in [1.54, 1.807) is 11.8 Å². The molecule has 0 saturated carbocycles. The maximum atomic E-state index is 5.39. The first kappa shape index (κ1) is 10.4. The van der Waals surface area contributed by atoms with Crippen molar-refractivity contribution in [2.75, 3.05) is 11.5 Å². The minimum atomic E-state index is 0.395. The van der Waals surface area contributed by atoms with Gasteiger partial charge >= 0.3 is 0 Å². The number of nitrogens with one attached hydrogen (secondary N) is 1. The lowest BCUT2D eigenvalue weighted by Gasteiger charge is -2.01. The molecule has 0 bridgehead atoms. The second-order valence-corrected chi connectivity index (χ2v) is 4.45. The largest absolute Gasteiger partial charge is 0.368 e. The molecular formula is C8H16N4S. The molecule has 0 spiro atoms. The lowest BCUT2D eigenvalue weighted by atomic mass is 10.1. The number of aromatic nitrogens is 3. The Hall–Kier alpha value is -0.710. The fourth-order valence-electron chi connectivity index (χ4n) is 0.978. The Morgan fingerprint density at radius 3 is 2.85 bits per heavy atom. The van der Waals surface area contributed by atoms with Crippen LogP contribution in [0.15, 0.2) is 5.16 Å². The Morgan fingerprint density at radius 2 is 2.31 bits per heavy atom. The molecule has 0 aromatic carbocycles. The number of hydrogen-bond acceptors (Lipinski definition) is 4. The second-order valence-electron chi connectivity index (χ2n) is 3.39. The highest BCUT2D eigenvalue weighted by Gasteiger charge is 2.00. The first-order valence-electron chi connectivity index (χ1n) is 4.49. The monoisotopic (exact) mass is 200 g/mol. The van der Waals surface area contributed by atoms with Gasteiger partial charge in [0.25, 0.3) is 0 Å². The van der Waals surface area contributed by atoms with Crippen LogP contribution in [-0.4, -0.2) is 20.9 Å². The van der Waals surface area contributed by atoms with Gasteiger partial charge in [-0.2, -0.15) is 4.98 Å². The third kappa shape index (κ3) is 4.17. The fourth-order valence-corrected chi connectivity index (χ4v) is 1.74. The predicted molar refractivity (Wildman–Crippen MR) is 55.6 cm³/mol. The quantitative estimate of drug-likeness (QED) is 0.563. The number of H-pyrrole nitrogens is 1. The first-order valence-corrected chi connectivity index (χ1v) is 5.47. The molecular weight excluding hydrogens is 184 g/mol. The lowest BCUT2D eigenvalue weighted by molar-refractivity contribution is 0.579. The van der Waals surface area contributed by atoms with Gasteiger partial charge in [0.05, 0.1) is 0 Å². The van der Waals surface area contributed by atoms with Crippen LogP contribution in [0.25, 0.3) is 0 Å². The van der Waals surface area contributed by atoms with Crippen LogP contribution in [0.2, 0.25) is 0 Å². The zero-order chi connectivity index (χ0) is 9.68. The minimum absolute atomic E-state index is 0.395. The zero-order valence-electron chi connectivity index (χ0n) is 8.08. The zero-order valence-corrected chi connectivity index (χ0v) is 8.90. The molecule has 74 valence electrons. The van der Waals surface area contributed by atoms with E-state index in [9.17, 15) is 0 Å². The molecule has 1 heterocycles. The van der Waals surface area contributed by atoms with Crippen LogP contribution in [0.4, 0.5) is 5.95 Å². The van der Waals surface area contributed by atoms with Crippen molar-refractivity contribution in [2.24, 2.45) is 5.92 Å². The maximum absolute atomic E-state index is 5.39. The van der Waals surface area contributed by atoms with E-state index in [2.05, 4.69) is 29.0 Å². The summed E-state index contributed by atoms with van der Waals surface area (Å²) in [7, 11) is 0. The predicted octanol–water partition coefficient (Wildman–Crippen LogP) is 1.92. The van der Waals surface area contributed by atoms with Crippen molar-refractivity contribution in [2.45, 2.75) is 31.8 Å². The van der Waals surface area contributed by atoms with Crippen LogP contribution in [0.3, 0.4) is 0 Å². The van der Waals surface area contributed by atoms with Crippen molar-refractivity contribution in [1.29, 1.82) is 0 Å². The van der Waals surface area contributed by atoms with Crippen molar-refractivity contribution in [3.63, 3.8) is 0 Å². The van der Waals surface area contributed by atoms with Crippen molar-refractivity contribution in [3.05, 3.63) is 0 Å². The molecule has 0 saturated heterocycles. The molecule has 1 rings (SSSR count). The van der Waals surface area contributed by atoms with E-state index >= 15 is 0 Å². The number of hydrogen-bond donors (Lipinski definition) is 2. The fraction of sp³-hybridized carbons (Fsp3) is 0.750. The smallest absolute Gasteiger partial charge is 0.216 e. The van der Waals surface area contributed by atoms with Gasteiger partial charge in [-0.05, 0) is 12.3 Å². The number of aromatic amines is 1. The summed E-state index contributed by atoms with van der Waals surface area (Å²) in [5, 5.41) is 7.30. The highest BCUT2D eigenvalue weighted by molar-refractivity contribution is 7.99. The Bertz CT molecular complexity index is 246. The average molecular weight is 200 g/mol. The second kappa shape index (κ2) is 5.11. The van der Waals surface area contributed by atoms with E-state index in [0.717, 1.165) is 16.8 Å². The molecule has 0 aliphatic rings. The van der Waals surface area contributed by atoms with E-state index in [-0.39, 0.29) is 0 Å². The summed E-state index contributed by atoms with van der Waals surface area (Å²) in [5.74, 6) is 2.24. The number of nitrogens with two attached hydrogens (primary N) is 1. The molecule has 1 aromatic rings. The Kier molecular flexibility index (Phi) is 4.08. The number of thioether (sulfide) groups is 1. The molecule has 4 nitrogen and oxygen atoms in total. The maximum Gasteiger partial charge on any atom is 0.216 e. The summed E-state index contributed by atoms with van der Waals surface area (Å²) >= 11 is 1.65. The highest BCUT2D eigenvalue weighted by atomic mass is 32.2. The Labute approximate surface area is 82.7 Å². The van der Waals surface area contributed by atoms with Gasteiger partial charge in [-0.15, -0.1) is 5.10 Å². The summed E-state index contributed by atoms with van der Waals surface area (Å²) in [6.45, 7) is 4.46. The van der Waals surface area contributed by atoms with E-state index in [4.69, 9.17) is 5.73 Å². The number of anilines is 1. The van der Waals surface area contributed by atoms with Crippen LogP contribution < -0.4 is 5.73 Å². The van der Waals surface area contributed by atoms with Gasteiger partial charge in [-0.3, -0.25) is 0 Å². The minimum Gasteiger partial charge on any atom is -0.368 e. The molecule has 0 atom stereocenters. The molecule has 0 unspecified atom stereocenters. The van der Waals surface area contributed by atoms with Crippen molar-refractivity contribution in [1.82, 2.24) is 15.2 Å². The van der Waals surface area contributed by atoms with Crippen LogP contribution in [0, 0.1) is 5.92 Å². The molecule has 0 amide bonds. The van der Waals surface area contributed by atoms with Crippen LogP contribution in [-0.2, 0) is 0 Å². The summed E-state index contributed by atoms with van der Waals surface area (Å²) in [5.41, 5.74) is 5.39. The van der Waals surface area contributed by atoms with Gasteiger partial charge in [0, 0.05) is 5.75 Å². The van der Waals surface area contributed by atoms with E-state index in [1.165, 1.54) is 12.8 Å². The third-order valence-electron chi connectivity index (χ3n) is 1.64. The Morgan fingerprint density at radius 1 is 1.54 bits per heavy atom. The standard InChI is InChI=1S/C8H16N4S/c1-6(2)4-3-5-13-8-10-7(9)11-12-8/h6H,3-5H2,1-2H3,(H3,9,10,11,12). The van der Waals surface area contributed by atoms with Gasteiger partial charge in [0.15, 0.2) is 0 Å². The first-order chi connectivity index (χ1) is 6.18. The summed E-state index contributed by atoms with van der Waals surface area (Å²) in [6, 6.07) is 0. The molecule has 0 aliphatic heterocycles. The van der Waals surface area contributed by atoms with Gasteiger partial charge in [-0.25, -0.2) is 5.10 Å². The SMILES string of the molecule is CC(C)CCCSc1n[nH]c(N)n1. The molecule has 0 fully saturated rings. The molecule has 5 heteroatoms. The molecule has 1 aromatic heterocycles. The topological polar surface area (TPSA) is 67.6 Å². The lowest BCUT2D eigenvalue weighted by Crippen LogP contribution is -1.89. The molecule has 0 aliphatic carbocycles. The third-order valence-corrected chi connectivity index (χ3v) is 2.57. The molecule has 0 radical (unpaired) electrons. The normalized spacial score (nSPS) is 11.0. The number of nitrogens with zero attached hydrogens (tertiary/aromatic N) is 2. The molecule has 13 heavy (non-hydrogen) atoms. The van der Waals surface area contributed by atoms with E-state index in [0.29, 0.717) is 5.95 Å².